The topological polar surface area (TPSA) is 108 Å². The largest absolute Gasteiger partial charge is 0.491 e. The summed E-state index contributed by atoms with van der Waals surface area (Å²) in [5.74, 6) is -0.464. The number of methoxy groups -OCH3 is 1. The maximum atomic E-state index is 13.5. The molecule has 9 heteroatoms. The summed E-state index contributed by atoms with van der Waals surface area (Å²) >= 11 is 0. The van der Waals surface area contributed by atoms with Crippen LogP contribution < -0.4 is 21.7 Å². The fourth-order valence-corrected chi connectivity index (χ4v) is 3.65. The van der Waals surface area contributed by atoms with E-state index in [-0.39, 0.29) is 24.8 Å². The monoisotopic (exact) mass is 492 g/mol. The molecule has 0 aliphatic carbocycles. The molecule has 3 rings (SSSR count). The van der Waals surface area contributed by atoms with Crippen LogP contribution in [0.5, 0.6) is 5.75 Å². The number of hydrogen-bond donors (Lipinski definition) is 1. The number of hydrogen-bond acceptors (Lipinski definition) is 6. The number of aromatic nitrogens is 3. The van der Waals surface area contributed by atoms with Crippen LogP contribution >= 0.6 is 0 Å². The van der Waals surface area contributed by atoms with Gasteiger partial charge in [0.2, 0.25) is 5.62 Å². The standard InChI is InChI=1S/C27H32N4O5/c1-7-20-8-10-21(11-9-20)16-30-25(28-22-12-13-23(18(4)14-22)36-17(2)3)29-26(33)31(27(30)34)15-19(5)24(32)35-6/h7-14,17,19H,1,15-16H2,2-6H3,(H,28,29,33)/t19-/m0/s1. The highest BCUT2D eigenvalue weighted by molar-refractivity contribution is 5.71. The molecule has 190 valence electrons. The molecule has 1 heterocycles. The number of nitrogens with one attached hydrogen (secondary N) is 1. The summed E-state index contributed by atoms with van der Waals surface area (Å²) in [4.78, 5) is 45.6. The summed E-state index contributed by atoms with van der Waals surface area (Å²) in [6, 6.07) is 12.9. The zero-order valence-electron chi connectivity index (χ0n) is 21.3. The molecule has 3 aromatic rings. The summed E-state index contributed by atoms with van der Waals surface area (Å²) in [7, 11) is 1.26. The Morgan fingerprint density at radius 1 is 1.11 bits per heavy atom. The smallest absolute Gasteiger partial charge is 0.335 e. The quantitative estimate of drug-likeness (QED) is 0.462. The van der Waals surface area contributed by atoms with Gasteiger partial charge in [-0.15, -0.1) is 0 Å². The molecule has 0 aliphatic rings. The zero-order valence-corrected chi connectivity index (χ0v) is 21.3. The van der Waals surface area contributed by atoms with Crippen LogP contribution in [0, 0.1) is 12.8 Å². The van der Waals surface area contributed by atoms with E-state index in [4.69, 9.17) is 9.47 Å². The first kappa shape index (κ1) is 26.5. The highest BCUT2D eigenvalue weighted by atomic mass is 16.5. The van der Waals surface area contributed by atoms with Gasteiger partial charge >= 0.3 is 17.3 Å². The van der Waals surface area contributed by atoms with Crippen molar-refractivity contribution in [3.8, 4) is 5.75 Å². The Kier molecular flexibility index (Phi) is 8.47. The van der Waals surface area contributed by atoms with Crippen molar-refractivity contribution in [3.05, 3.63) is 92.3 Å². The molecule has 0 fully saturated rings. The minimum atomic E-state index is -0.687. The molecule has 0 spiro atoms. The molecule has 0 radical (unpaired) electrons. The molecule has 0 unspecified atom stereocenters. The van der Waals surface area contributed by atoms with Crippen LogP contribution in [0.2, 0.25) is 0 Å². The van der Waals surface area contributed by atoms with Crippen LogP contribution in [0.1, 0.15) is 37.5 Å². The Labute approximate surface area is 209 Å². The first-order valence-electron chi connectivity index (χ1n) is 11.7. The van der Waals surface area contributed by atoms with Crippen LogP contribution in [0.25, 0.3) is 6.08 Å². The van der Waals surface area contributed by atoms with Crippen molar-refractivity contribution >= 4 is 17.7 Å². The second kappa shape index (κ2) is 11.5. The van der Waals surface area contributed by atoms with E-state index in [2.05, 4.69) is 16.6 Å². The molecule has 0 bridgehead atoms. The van der Waals surface area contributed by atoms with Gasteiger partial charge in [-0.05, 0) is 55.7 Å². The first-order valence-corrected chi connectivity index (χ1v) is 11.7. The van der Waals surface area contributed by atoms with Gasteiger partial charge in [0.1, 0.15) is 5.75 Å². The number of aromatic amines is 1. The number of nitrogens with zero attached hydrogens (tertiary/aromatic N) is 3. The van der Waals surface area contributed by atoms with Crippen LogP contribution in [-0.4, -0.2) is 33.3 Å². The number of carbonyl (C=O) groups excluding carboxylic acids is 1. The lowest BCUT2D eigenvalue weighted by Gasteiger charge is -2.14. The van der Waals surface area contributed by atoms with E-state index in [1.165, 1.54) is 11.7 Å². The molecule has 0 amide bonds. The minimum Gasteiger partial charge on any atom is -0.491 e. The average Bonchev–Trinajstić information content (AvgIpc) is 2.85. The lowest BCUT2D eigenvalue weighted by molar-refractivity contribution is -0.145. The van der Waals surface area contributed by atoms with Gasteiger partial charge in [0.25, 0.3) is 0 Å². The molecule has 1 atom stereocenters. The van der Waals surface area contributed by atoms with E-state index in [9.17, 15) is 14.4 Å². The minimum absolute atomic E-state index is 0.0254. The summed E-state index contributed by atoms with van der Waals surface area (Å²) < 4.78 is 12.9. The molecule has 0 aliphatic heterocycles. The van der Waals surface area contributed by atoms with Gasteiger partial charge in [0.15, 0.2) is 0 Å². The number of H-pyrrole nitrogens is 1. The van der Waals surface area contributed by atoms with Crippen LogP contribution in [0.4, 0.5) is 5.69 Å². The highest BCUT2D eigenvalue weighted by Crippen LogP contribution is 2.24. The van der Waals surface area contributed by atoms with Gasteiger partial charge in [0, 0.05) is 6.54 Å². The van der Waals surface area contributed by atoms with Gasteiger partial charge < -0.3 is 9.47 Å². The second-order valence-corrected chi connectivity index (χ2v) is 8.83. The number of carbonyl (C=O) groups is 1. The molecular weight excluding hydrogens is 460 g/mol. The van der Waals surface area contributed by atoms with Gasteiger partial charge in [-0.2, -0.15) is 0 Å². The highest BCUT2D eigenvalue weighted by Gasteiger charge is 2.18. The predicted octanol–water partition coefficient (Wildman–Crippen LogP) is 3.17. The normalized spacial score (nSPS) is 12.4. The van der Waals surface area contributed by atoms with E-state index >= 15 is 0 Å². The number of benzene rings is 2. The Hall–Kier alpha value is -4.14. The fraction of sp³-hybridized carbons (Fsp3) is 0.333. The third kappa shape index (κ3) is 6.29. The van der Waals surface area contributed by atoms with Gasteiger partial charge in [-0.25, -0.2) is 19.1 Å². The fourth-order valence-electron chi connectivity index (χ4n) is 3.65. The number of aryl methyl sites for hydroxylation is 1. The Morgan fingerprint density at radius 2 is 1.81 bits per heavy atom. The van der Waals surface area contributed by atoms with Crippen molar-refractivity contribution in [2.24, 2.45) is 10.9 Å². The van der Waals surface area contributed by atoms with E-state index in [1.807, 2.05) is 57.2 Å². The van der Waals surface area contributed by atoms with E-state index < -0.39 is 23.3 Å². The van der Waals surface area contributed by atoms with Crippen molar-refractivity contribution in [3.63, 3.8) is 0 Å². The summed E-state index contributed by atoms with van der Waals surface area (Å²) in [6.45, 7) is 11.2. The van der Waals surface area contributed by atoms with Crippen molar-refractivity contribution in [2.45, 2.75) is 46.9 Å². The molecular formula is C27H32N4O5. The predicted molar refractivity (Wildman–Crippen MR) is 138 cm³/mol. The van der Waals surface area contributed by atoms with Gasteiger partial charge in [0.05, 0.1) is 31.4 Å². The Morgan fingerprint density at radius 3 is 2.39 bits per heavy atom. The average molecular weight is 493 g/mol. The molecule has 1 aromatic heterocycles. The molecule has 1 N–H and O–H groups in total. The lowest BCUT2D eigenvalue weighted by Crippen LogP contribution is -2.51. The van der Waals surface area contributed by atoms with Crippen molar-refractivity contribution in [2.75, 3.05) is 7.11 Å². The van der Waals surface area contributed by atoms with E-state index in [0.29, 0.717) is 5.69 Å². The molecule has 0 saturated carbocycles. The number of rotatable bonds is 9. The van der Waals surface area contributed by atoms with Crippen molar-refractivity contribution in [1.82, 2.24) is 14.1 Å². The van der Waals surface area contributed by atoms with Crippen molar-refractivity contribution in [1.29, 1.82) is 0 Å². The SMILES string of the molecule is C=Cc1ccc(Cn2c(=O)n(C[C@H](C)C(=O)OC)c(=O)[nH]/c2=N/c2ccc(OC(C)C)c(C)c2)cc1. The summed E-state index contributed by atoms with van der Waals surface area (Å²) in [5, 5.41) is 0. The Bertz CT molecular complexity index is 1430. The first-order chi connectivity index (χ1) is 17.1. The number of esters is 1. The summed E-state index contributed by atoms with van der Waals surface area (Å²) in [6.07, 6.45) is 1.76. The van der Waals surface area contributed by atoms with Crippen LogP contribution in [0.15, 0.2) is 63.6 Å². The number of ether oxygens (including phenoxy) is 2. The zero-order chi connectivity index (χ0) is 26.4. The Balaban J connectivity index is 2.15. The maximum Gasteiger partial charge on any atom is 0.335 e. The maximum absolute atomic E-state index is 13.5. The molecule has 36 heavy (non-hydrogen) atoms. The lowest BCUT2D eigenvalue weighted by atomic mass is 10.1. The molecule has 0 saturated heterocycles. The van der Waals surface area contributed by atoms with Gasteiger partial charge in [-0.3, -0.25) is 14.3 Å². The van der Waals surface area contributed by atoms with E-state index in [1.54, 1.807) is 19.1 Å². The van der Waals surface area contributed by atoms with Crippen LogP contribution in [0.3, 0.4) is 0 Å². The third-order valence-electron chi connectivity index (χ3n) is 5.55. The van der Waals surface area contributed by atoms with E-state index in [0.717, 1.165) is 27.0 Å². The van der Waals surface area contributed by atoms with Crippen molar-refractivity contribution < 1.29 is 14.3 Å². The molecule has 9 nitrogen and oxygen atoms in total. The summed E-state index contributed by atoms with van der Waals surface area (Å²) in [5.41, 5.74) is 2.04. The second-order valence-electron chi connectivity index (χ2n) is 8.83. The van der Waals surface area contributed by atoms with Gasteiger partial charge in [-0.1, -0.05) is 43.8 Å². The third-order valence-corrected chi connectivity index (χ3v) is 5.55. The van der Waals surface area contributed by atoms with Crippen LogP contribution in [-0.2, 0) is 22.6 Å². The molecule has 2 aromatic carbocycles.